The fraction of sp³-hybridized carbons (Fsp3) is 0.316. The zero-order chi connectivity index (χ0) is 18.7. The van der Waals surface area contributed by atoms with Crippen LogP contribution in [0, 0.1) is 0 Å². The van der Waals surface area contributed by atoms with E-state index in [1.54, 1.807) is 23.1 Å². The van der Waals surface area contributed by atoms with Crippen LogP contribution in [0.25, 0.3) is 10.9 Å². The SMILES string of the molecule is CCCN(Cc1nc2cc(Cl)ccc2c(=O)[nH]1)C(=O)c1sccc1CC. The number of carbonyl (C=O) groups is 1. The van der Waals surface area contributed by atoms with E-state index in [4.69, 9.17) is 11.6 Å². The van der Waals surface area contributed by atoms with Crippen molar-refractivity contribution < 1.29 is 4.79 Å². The number of hydrogen-bond donors (Lipinski definition) is 1. The number of halogens is 1. The van der Waals surface area contributed by atoms with Gasteiger partial charge < -0.3 is 9.88 Å². The summed E-state index contributed by atoms with van der Waals surface area (Å²) in [4.78, 5) is 35.1. The normalized spacial score (nSPS) is 11.0. The van der Waals surface area contributed by atoms with E-state index in [9.17, 15) is 9.59 Å². The van der Waals surface area contributed by atoms with Crippen molar-refractivity contribution in [1.82, 2.24) is 14.9 Å². The maximum atomic E-state index is 13.0. The largest absolute Gasteiger partial charge is 0.330 e. The molecular weight excluding hydrogens is 370 g/mol. The second-order valence-corrected chi connectivity index (χ2v) is 7.38. The van der Waals surface area contributed by atoms with E-state index in [-0.39, 0.29) is 18.0 Å². The molecule has 0 fully saturated rings. The Morgan fingerprint density at radius 2 is 2.12 bits per heavy atom. The molecule has 5 nitrogen and oxygen atoms in total. The van der Waals surface area contributed by atoms with Gasteiger partial charge >= 0.3 is 0 Å². The molecule has 2 heterocycles. The topological polar surface area (TPSA) is 66.1 Å². The van der Waals surface area contributed by atoms with E-state index in [1.165, 1.54) is 11.3 Å². The number of benzene rings is 1. The minimum atomic E-state index is -0.226. The Balaban J connectivity index is 1.94. The van der Waals surface area contributed by atoms with Crippen molar-refractivity contribution in [3.8, 4) is 0 Å². The molecule has 0 bridgehead atoms. The number of amides is 1. The van der Waals surface area contributed by atoms with E-state index < -0.39 is 0 Å². The number of H-pyrrole nitrogens is 1. The van der Waals surface area contributed by atoms with Gasteiger partial charge in [-0.2, -0.15) is 0 Å². The zero-order valence-corrected chi connectivity index (χ0v) is 16.3. The Labute approximate surface area is 160 Å². The van der Waals surface area contributed by atoms with Crippen molar-refractivity contribution >= 4 is 39.7 Å². The first kappa shape index (κ1) is 18.6. The first-order valence-corrected chi connectivity index (χ1v) is 9.83. The van der Waals surface area contributed by atoms with Gasteiger partial charge in [0, 0.05) is 11.6 Å². The molecule has 0 aliphatic heterocycles. The van der Waals surface area contributed by atoms with Gasteiger partial charge in [0.05, 0.1) is 22.3 Å². The first-order valence-electron chi connectivity index (χ1n) is 8.57. The van der Waals surface area contributed by atoms with E-state index >= 15 is 0 Å². The fourth-order valence-electron chi connectivity index (χ4n) is 2.88. The van der Waals surface area contributed by atoms with Crippen LogP contribution < -0.4 is 5.56 Å². The van der Waals surface area contributed by atoms with Gasteiger partial charge in [-0.3, -0.25) is 9.59 Å². The summed E-state index contributed by atoms with van der Waals surface area (Å²) < 4.78 is 0. The number of aromatic nitrogens is 2. The molecule has 0 saturated heterocycles. The number of nitrogens with zero attached hydrogens (tertiary/aromatic N) is 2. The number of fused-ring (bicyclic) bond motifs is 1. The molecule has 0 spiro atoms. The maximum Gasteiger partial charge on any atom is 0.264 e. The Morgan fingerprint density at radius 1 is 1.31 bits per heavy atom. The third-order valence-corrected chi connectivity index (χ3v) is 5.34. The summed E-state index contributed by atoms with van der Waals surface area (Å²) in [6, 6.07) is 6.97. The molecule has 7 heteroatoms. The van der Waals surface area contributed by atoms with E-state index in [0.29, 0.717) is 28.3 Å². The van der Waals surface area contributed by atoms with Gasteiger partial charge in [0.1, 0.15) is 5.82 Å². The number of rotatable bonds is 6. The Kier molecular flexibility index (Phi) is 5.74. The lowest BCUT2D eigenvalue weighted by molar-refractivity contribution is 0.0743. The van der Waals surface area contributed by atoms with Gasteiger partial charge in [0.2, 0.25) is 0 Å². The van der Waals surface area contributed by atoms with Crippen LogP contribution in [0.1, 0.15) is 41.3 Å². The highest BCUT2D eigenvalue weighted by Crippen LogP contribution is 2.21. The highest BCUT2D eigenvalue weighted by atomic mass is 35.5. The predicted octanol–water partition coefficient (Wildman–Crippen LogP) is 4.25. The van der Waals surface area contributed by atoms with Crippen molar-refractivity contribution in [1.29, 1.82) is 0 Å². The minimum Gasteiger partial charge on any atom is -0.330 e. The lowest BCUT2D eigenvalue weighted by Gasteiger charge is -2.21. The number of aromatic amines is 1. The first-order chi connectivity index (χ1) is 12.5. The fourth-order valence-corrected chi connectivity index (χ4v) is 4.01. The molecule has 0 radical (unpaired) electrons. The molecule has 1 aromatic carbocycles. The van der Waals surface area contributed by atoms with Crippen LogP contribution in [0.3, 0.4) is 0 Å². The summed E-state index contributed by atoms with van der Waals surface area (Å²) >= 11 is 7.47. The molecular formula is C19H20ClN3O2S. The molecule has 26 heavy (non-hydrogen) atoms. The predicted molar refractivity (Wildman–Crippen MR) is 106 cm³/mol. The Morgan fingerprint density at radius 3 is 2.85 bits per heavy atom. The van der Waals surface area contributed by atoms with Crippen molar-refractivity contribution in [3.63, 3.8) is 0 Å². The van der Waals surface area contributed by atoms with Crippen LogP contribution in [0.4, 0.5) is 0 Å². The number of nitrogens with one attached hydrogen (secondary N) is 1. The summed E-state index contributed by atoms with van der Waals surface area (Å²) in [5.74, 6) is 0.439. The quantitative estimate of drug-likeness (QED) is 0.685. The van der Waals surface area contributed by atoms with Gasteiger partial charge in [-0.1, -0.05) is 25.4 Å². The molecule has 2 aromatic heterocycles. The third kappa shape index (κ3) is 3.81. The van der Waals surface area contributed by atoms with Gasteiger partial charge in [0.25, 0.3) is 11.5 Å². The molecule has 1 N–H and O–H groups in total. The van der Waals surface area contributed by atoms with Crippen molar-refractivity contribution in [2.24, 2.45) is 0 Å². The van der Waals surface area contributed by atoms with E-state index in [2.05, 4.69) is 9.97 Å². The summed E-state index contributed by atoms with van der Waals surface area (Å²) in [7, 11) is 0. The van der Waals surface area contributed by atoms with Crippen LogP contribution in [-0.2, 0) is 13.0 Å². The van der Waals surface area contributed by atoms with Crippen molar-refractivity contribution in [2.75, 3.05) is 6.54 Å². The molecule has 0 aliphatic rings. The van der Waals surface area contributed by atoms with Gasteiger partial charge in [0.15, 0.2) is 0 Å². The molecule has 3 rings (SSSR count). The molecule has 136 valence electrons. The van der Waals surface area contributed by atoms with Gasteiger partial charge in [-0.05, 0) is 48.1 Å². The molecule has 1 amide bonds. The molecule has 0 aliphatic carbocycles. The molecule has 0 unspecified atom stereocenters. The molecule has 0 atom stereocenters. The lowest BCUT2D eigenvalue weighted by Crippen LogP contribution is -2.32. The average Bonchev–Trinajstić information content (AvgIpc) is 3.09. The Bertz CT molecular complexity index is 996. The van der Waals surface area contributed by atoms with E-state index in [1.807, 2.05) is 25.3 Å². The smallest absolute Gasteiger partial charge is 0.264 e. The Hall–Kier alpha value is -2.18. The number of hydrogen-bond acceptors (Lipinski definition) is 4. The van der Waals surface area contributed by atoms with Crippen LogP contribution in [-0.4, -0.2) is 27.3 Å². The van der Waals surface area contributed by atoms with Crippen molar-refractivity contribution in [2.45, 2.75) is 33.2 Å². The monoisotopic (exact) mass is 389 g/mol. The summed E-state index contributed by atoms with van der Waals surface area (Å²) in [6.45, 7) is 4.91. The van der Waals surface area contributed by atoms with Crippen LogP contribution in [0.15, 0.2) is 34.4 Å². The van der Waals surface area contributed by atoms with Crippen LogP contribution in [0.5, 0.6) is 0 Å². The molecule has 3 aromatic rings. The zero-order valence-electron chi connectivity index (χ0n) is 14.7. The lowest BCUT2D eigenvalue weighted by atomic mass is 10.2. The molecule has 0 saturated carbocycles. The highest BCUT2D eigenvalue weighted by molar-refractivity contribution is 7.12. The second kappa shape index (κ2) is 8.01. The number of thiophene rings is 1. The van der Waals surface area contributed by atoms with Gasteiger partial charge in [-0.15, -0.1) is 11.3 Å². The van der Waals surface area contributed by atoms with Gasteiger partial charge in [-0.25, -0.2) is 4.98 Å². The third-order valence-electron chi connectivity index (χ3n) is 4.16. The summed E-state index contributed by atoms with van der Waals surface area (Å²) in [5.41, 5.74) is 1.36. The number of aryl methyl sites for hydroxylation is 1. The summed E-state index contributed by atoms with van der Waals surface area (Å²) in [6.07, 6.45) is 1.64. The standard InChI is InChI=1S/C19H20ClN3O2S/c1-3-8-23(19(25)17-12(4-2)7-9-26-17)11-16-21-15-10-13(20)5-6-14(15)18(24)22-16/h5-7,9-10H,3-4,8,11H2,1-2H3,(H,21,22,24). The maximum absolute atomic E-state index is 13.0. The second-order valence-electron chi connectivity index (χ2n) is 6.03. The van der Waals surface area contributed by atoms with Crippen LogP contribution >= 0.6 is 22.9 Å². The van der Waals surface area contributed by atoms with E-state index in [0.717, 1.165) is 23.3 Å². The van der Waals surface area contributed by atoms with Crippen molar-refractivity contribution in [3.05, 3.63) is 61.3 Å². The minimum absolute atomic E-state index is 0.0208. The average molecular weight is 390 g/mol. The summed E-state index contributed by atoms with van der Waals surface area (Å²) in [5, 5.41) is 2.95. The highest BCUT2D eigenvalue weighted by Gasteiger charge is 2.20. The number of carbonyl (C=O) groups excluding carboxylic acids is 1. The van der Waals surface area contributed by atoms with Crippen LogP contribution in [0.2, 0.25) is 5.02 Å².